The van der Waals surface area contributed by atoms with Crippen LogP contribution in [-0.4, -0.2) is 27.2 Å². The van der Waals surface area contributed by atoms with E-state index in [1.165, 1.54) is 0 Å². The number of ether oxygens (including phenoxy) is 1. The number of aliphatic hydroxyl groups is 1. The van der Waals surface area contributed by atoms with Crippen molar-refractivity contribution in [1.29, 1.82) is 0 Å². The van der Waals surface area contributed by atoms with Gasteiger partial charge in [-0.15, -0.1) is 0 Å². The summed E-state index contributed by atoms with van der Waals surface area (Å²) < 4.78 is 7.28. The summed E-state index contributed by atoms with van der Waals surface area (Å²) in [5.74, 6) is 1.05. The van der Waals surface area contributed by atoms with E-state index < -0.39 is 6.23 Å². The lowest BCUT2D eigenvalue weighted by Crippen LogP contribution is -2.10. The highest BCUT2D eigenvalue weighted by molar-refractivity contribution is 5.82. The number of fused-ring (bicyclic) bond motifs is 1. The zero-order chi connectivity index (χ0) is 16.9. The van der Waals surface area contributed by atoms with Crippen LogP contribution in [0.25, 0.3) is 11.0 Å². The van der Waals surface area contributed by atoms with E-state index in [2.05, 4.69) is 9.98 Å². The van der Waals surface area contributed by atoms with Crippen LogP contribution in [0.4, 0.5) is 5.95 Å². The molecule has 0 amide bonds. The van der Waals surface area contributed by atoms with Crippen molar-refractivity contribution in [2.45, 2.75) is 26.5 Å². The molecule has 0 saturated carbocycles. The van der Waals surface area contributed by atoms with Gasteiger partial charge >= 0.3 is 0 Å². The largest absolute Gasteiger partial charge is 0.481 e. The molecule has 5 nitrogen and oxygen atoms in total. The second-order valence-electron chi connectivity index (χ2n) is 5.35. The molecule has 1 aromatic heterocycles. The summed E-state index contributed by atoms with van der Waals surface area (Å²) in [5.41, 5.74) is 2.41. The predicted octanol–water partition coefficient (Wildman–Crippen LogP) is 4.05. The molecule has 1 heterocycles. The van der Waals surface area contributed by atoms with Crippen molar-refractivity contribution in [3.8, 4) is 0 Å². The maximum Gasteiger partial charge on any atom is 0.236 e. The molecular formula is C19H21N3O2. The quantitative estimate of drug-likeness (QED) is 0.569. The van der Waals surface area contributed by atoms with E-state index in [0.29, 0.717) is 24.9 Å². The van der Waals surface area contributed by atoms with Crippen LogP contribution in [-0.2, 0) is 4.74 Å². The first kappa shape index (κ1) is 16.2. The summed E-state index contributed by atoms with van der Waals surface area (Å²) in [5, 5.41) is 10.9. The Bertz CT molecular complexity index is 840. The van der Waals surface area contributed by atoms with Gasteiger partial charge in [0.25, 0.3) is 0 Å². The number of para-hydroxylation sites is 2. The van der Waals surface area contributed by atoms with E-state index in [1.54, 1.807) is 4.57 Å². The van der Waals surface area contributed by atoms with Crippen LogP contribution >= 0.6 is 0 Å². The Labute approximate surface area is 141 Å². The first-order valence-electron chi connectivity index (χ1n) is 8.15. The Hall–Kier alpha value is -2.66. The number of imidazole rings is 1. The number of aliphatic imine (C=N–C) groups is 1. The third-order valence-electron chi connectivity index (χ3n) is 3.76. The van der Waals surface area contributed by atoms with Gasteiger partial charge in [-0.1, -0.05) is 49.4 Å². The standard InChI is InChI=1S/C19H21N3O2/c1-3-17(24-4-2)21-19-20-15-12-8-9-13-16(15)22(19)18(23)14-10-6-5-7-11-14/h5-13,18,23H,3-4H2,1-2H3/b21-17-. The van der Waals surface area contributed by atoms with E-state index in [0.717, 1.165) is 16.6 Å². The number of hydrogen-bond acceptors (Lipinski definition) is 4. The van der Waals surface area contributed by atoms with Crippen molar-refractivity contribution in [3.63, 3.8) is 0 Å². The van der Waals surface area contributed by atoms with E-state index >= 15 is 0 Å². The summed E-state index contributed by atoms with van der Waals surface area (Å²) in [6.07, 6.45) is -0.199. The lowest BCUT2D eigenvalue weighted by Gasteiger charge is -2.15. The van der Waals surface area contributed by atoms with E-state index in [-0.39, 0.29) is 0 Å². The Morgan fingerprint density at radius 3 is 2.54 bits per heavy atom. The van der Waals surface area contributed by atoms with Gasteiger partial charge in [0.2, 0.25) is 5.95 Å². The van der Waals surface area contributed by atoms with Crippen molar-refractivity contribution >= 4 is 22.9 Å². The molecule has 2 aromatic carbocycles. The minimum absolute atomic E-state index is 0.442. The molecule has 0 aliphatic carbocycles. The van der Waals surface area contributed by atoms with Crippen molar-refractivity contribution in [2.24, 2.45) is 4.99 Å². The van der Waals surface area contributed by atoms with Crippen LogP contribution in [0.2, 0.25) is 0 Å². The Kier molecular flexibility index (Phi) is 4.91. The lowest BCUT2D eigenvalue weighted by molar-refractivity contribution is 0.152. The Morgan fingerprint density at radius 1 is 1.12 bits per heavy atom. The molecule has 0 spiro atoms. The van der Waals surface area contributed by atoms with Crippen molar-refractivity contribution in [2.75, 3.05) is 6.61 Å². The second kappa shape index (κ2) is 7.27. The van der Waals surface area contributed by atoms with E-state index in [1.807, 2.05) is 68.4 Å². The fourth-order valence-corrected chi connectivity index (χ4v) is 2.62. The molecule has 5 heteroatoms. The Morgan fingerprint density at radius 2 is 1.83 bits per heavy atom. The van der Waals surface area contributed by atoms with Crippen LogP contribution < -0.4 is 0 Å². The molecule has 0 bridgehead atoms. The molecular weight excluding hydrogens is 302 g/mol. The molecule has 0 aliphatic rings. The summed E-state index contributed by atoms with van der Waals surface area (Å²) in [7, 11) is 0. The summed E-state index contributed by atoms with van der Waals surface area (Å²) in [4.78, 5) is 9.10. The molecule has 24 heavy (non-hydrogen) atoms. The number of nitrogens with zero attached hydrogens (tertiary/aromatic N) is 3. The monoisotopic (exact) mass is 323 g/mol. The van der Waals surface area contributed by atoms with Gasteiger partial charge in [-0.05, 0) is 19.1 Å². The minimum atomic E-state index is -0.864. The molecule has 0 radical (unpaired) electrons. The molecule has 1 unspecified atom stereocenters. The second-order valence-corrected chi connectivity index (χ2v) is 5.35. The van der Waals surface area contributed by atoms with Crippen LogP contribution in [0.5, 0.6) is 0 Å². The third-order valence-corrected chi connectivity index (χ3v) is 3.76. The molecule has 124 valence electrons. The highest BCUT2D eigenvalue weighted by atomic mass is 16.5. The highest BCUT2D eigenvalue weighted by Gasteiger charge is 2.18. The molecule has 0 aliphatic heterocycles. The first-order valence-corrected chi connectivity index (χ1v) is 8.15. The van der Waals surface area contributed by atoms with Gasteiger partial charge in [0.1, 0.15) is 0 Å². The number of aromatic nitrogens is 2. The maximum atomic E-state index is 10.9. The first-order chi connectivity index (χ1) is 11.7. The van der Waals surface area contributed by atoms with Crippen LogP contribution in [0.15, 0.2) is 59.6 Å². The Balaban J connectivity index is 2.15. The van der Waals surface area contributed by atoms with Crippen LogP contribution in [0.3, 0.4) is 0 Å². The van der Waals surface area contributed by atoms with E-state index in [9.17, 15) is 5.11 Å². The molecule has 0 saturated heterocycles. The molecule has 1 N–H and O–H groups in total. The van der Waals surface area contributed by atoms with Gasteiger partial charge in [0, 0.05) is 12.0 Å². The summed E-state index contributed by atoms with van der Waals surface area (Å²) >= 11 is 0. The normalized spacial score (nSPS) is 13.2. The zero-order valence-electron chi connectivity index (χ0n) is 13.9. The van der Waals surface area contributed by atoms with Crippen LogP contribution in [0, 0.1) is 0 Å². The lowest BCUT2D eigenvalue weighted by atomic mass is 10.2. The zero-order valence-corrected chi connectivity index (χ0v) is 13.9. The third kappa shape index (κ3) is 3.16. The molecule has 3 rings (SSSR count). The smallest absolute Gasteiger partial charge is 0.236 e. The van der Waals surface area contributed by atoms with Gasteiger partial charge in [-0.2, -0.15) is 4.99 Å². The molecule has 0 fully saturated rings. The average molecular weight is 323 g/mol. The fraction of sp³-hybridized carbons (Fsp3) is 0.263. The average Bonchev–Trinajstić information content (AvgIpc) is 2.99. The van der Waals surface area contributed by atoms with Gasteiger partial charge < -0.3 is 9.84 Å². The predicted molar refractivity (Wildman–Crippen MR) is 95.5 cm³/mol. The van der Waals surface area contributed by atoms with Gasteiger partial charge in [0.05, 0.1) is 17.6 Å². The minimum Gasteiger partial charge on any atom is -0.481 e. The topological polar surface area (TPSA) is 59.6 Å². The molecule has 1 atom stereocenters. The van der Waals surface area contributed by atoms with Crippen molar-refractivity contribution < 1.29 is 9.84 Å². The number of hydrogen-bond donors (Lipinski definition) is 1. The summed E-state index contributed by atoms with van der Waals surface area (Å²) in [6, 6.07) is 17.2. The number of benzene rings is 2. The fourth-order valence-electron chi connectivity index (χ4n) is 2.62. The van der Waals surface area contributed by atoms with Crippen molar-refractivity contribution in [3.05, 3.63) is 60.2 Å². The van der Waals surface area contributed by atoms with Crippen molar-refractivity contribution in [1.82, 2.24) is 9.55 Å². The highest BCUT2D eigenvalue weighted by Crippen LogP contribution is 2.29. The van der Waals surface area contributed by atoms with E-state index in [4.69, 9.17) is 4.74 Å². The maximum absolute atomic E-state index is 10.9. The molecule has 3 aromatic rings. The SMILES string of the molecule is CCO/C(CC)=N\c1nc2ccccc2n1C(O)c1ccccc1. The number of rotatable bonds is 5. The van der Waals surface area contributed by atoms with Gasteiger partial charge in [0.15, 0.2) is 12.1 Å². The number of aliphatic hydroxyl groups excluding tert-OH is 1. The van der Waals surface area contributed by atoms with Gasteiger partial charge in [-0.25, -0.2) is 4.98 Å². The van der Waals surface area contributed by atoms with Crippen LogP contribution in [0.1, 0.15) is 32.1 Å². The summed E-state index contributed by atoms with van der Waals surface area (Å²) in [6.45, 7) is 4.45. The van der Waals surface area contributed by atoms with Gasteiger partial charge in [-0.3, -0.25) is 4.57 Å².